The maximum atomic E-state index is 11.7. The third-order valence-corrected chi connectivity index (χ3v) is 6.74. The Morgan fingerprint density at radius 3 is 2.70 bits per heavy atom. The van der Waals surface area contributed by atoms with E-state index < -0.39 is 0 Å². The van der Waals surface area contributed by atoms with E-state index in [0.29, 0.717) is 12.6 Å². The number of anilines is 1. The van der Waals surface area contributed by atoms with Crippen molar-refractivity contribution < 1.29 is 14.8 Å². The summed E-state index contributed by atoms with van der Waals surface area (Å²) in [5, 5.41) is 32.8. The fourth-order valence-electron chi connectivity index (χ4n) is 4.82. The molecule has 0 unspecified atom stereocenters. The van der Waals surface area contributed by atoms with Crippen molar-refractivity contribution >= 4 is 34.6 Å². The van der Waals surface area contributed by atoms with Crippen LogP contribution >= 0.6 is 0 Å². The highest BCUT2D eigenvalue weighted by molar-refractivity contribution is 5.97. The van der Waals surface area contributed by atoms with Gasteiger partial charge in [-0.3, -0.25) is 4.68 Å². The largest absolute Gasteiger partial charge is 0.592 e. The van der Waals surface area contributed by atoms with Gasteiger partial charge in [0.15, 0.2) is 0 Å². The van der Waals surface area contributed by atoms with Gasteiger partial charge in [-0.2, -0.15) is 5.10 Å². The van der Waals surface area contributed by atoms with Gasteiger partial charge < -0.3 is 20.5 Å². The van der Waals surface area contributed by atoms with E-state index in [4.69, 9.17) is 20.0 Å². The molecule has 0 radical (unpaired) electrons. The van der Waals surface area contributed by atoms with Crippen molar-refractivity contribution in [2.24, 2.45) is 5.28 Å². The van der Waals surface area contributed by atoms with E-state index in [0.717, 1.165) is 52.1 Å². The maximum Gasteiger partial charge on any atom is 0.248 e. The summed E-state index contributed by atoms with van der Waals surface area (Å²) < 4.78 is 7.29. The lowest BCUT2D eigenvalue weighted by Crippen LogP contribution is -2.22. The molecule has 190 valence electrons. The molecule has 9 nitrogen and oxygen atoms in total. The van der Waals surface area contributed by atoms with Crippen molar-refractivity contribution in [1.82, 2.24) is 14.8 Å². The first-order valence-electron chi connectivity index (χ1n) is 12.5. The zero-order valence-electron chi connectivity index (χ0n) is 20.7. The molecule has 1 aliphatic carbocycles. The molecule has 0 saturated heterocycles. The molecule has 4 aromatic rings. The van der Waals surface area contributed by atoms with Crippen LogP contribution in [0.3, 0.4) is 0 Å². The van der Waals surface area contributed by atoms with Crippen LogP contribution in [0.5, 0.6) is 5.75 Å². The molecular weight excluding hydrogens is 468 g/mol. The summed E-state index contributed by atoms with van der Waals surface area (Å²) >= 11 is 0. The maximum absolute atomic E-state index is 11.7. The summed E-state index contributed by atoms with van der Waals surface area (Å²) in [6.45, 7) is 0.597. The second kappa shape index (κ2) is 11.1. The predicted octanol–water partition coefficient (Wildman–Crippen LogP) is 6.39. The Kier molecular flexibility index (Phi) is 7.30. The number of aromatic nitrogens is 3. The van der Waals surface area contributed by atoms with Crippen LogP contribution in [-0.2, 0) is 6.54 Å². The zero-order chi connectivity index (χ0) is 25.6. The van der Waals surface area contributed by atoms with Crippen molar-refractivity contribution in [2.75, 3.05) is 12.4 Å². The number of hydrogen-bond donors (Lipinski definition) is 2. The number of methoxy groups -OCH3 is 1. The summed E-state index contributed by atoms with van der Waals surface area (Å²) in [5.74, 6) is 1.65. The Labute approximate surface area is 215 Å². The molecule has 5 rings (SSSR count). The second-order valence-electron chi connectivity index (χ2n) is 9.21. The SMILES string of the molecule is COc1ccc(Cn2nc(/C=C/c3cccc([N+]([O-])=NO)c3)c3c(NC4CCCCC4)nccc32)cc1. The minimum atomic E-state index is 0.173. The molecule has 0 atom stereocenters. The van der Waals surface area contributed by atoms with E-state index in [1.54, 1.807) is 25.3 Å². The number of hydrogen-bond acceptors (Lipinski definition) is 6. The first kappa shape index (κ1) is 24.3. The molecule has 0 bridgehead atoms. The number of rotatable bonds is 8. The highest BCUT2D eigenvalue weighted by atomic mass is 16.6. The fourth-order valence-corrected chi connectivity index (χ4v) is 4.82. The van der Waals surface area contributed by atoms with Crippen LogP contribution in [0.25, 0.3) is 23.1 Å². The van der Waals surface area contributed by atoms with E-state index in [9.17, 15) is 5.21 Å². The summed E-state index contributed by atoms with van der Waals surface area (Å²) in [4.78, 5) is 4.88. The van der Waals surface area contributed by atoms with Gasteiger partial charge in [0, 0.05) is 24.4 Å². The molecule has 1 fully saturated rings. The molecule has 2 aromatic carbocycles. The summed E-state index contributed by atoms with van der Waals surface area (Å²) in [6, 6.07) is 17.2. The number of pyridine rings is 1. The van der Waals surface area contributed by atoms with Gasteiger partial charge in [-0.25, -0.2) is 4.98 Å². The standard InChI is InChI=1S/C28H30N6O3/c1-37-24-13-10-21(11-14-24)19-33-26-16-17-29-28(30-22-7-3-2-4-8-22)27(26)25(31-33)15-12-20-6-5-9-23(18-20)34(36)32-35/h5-6,9-18,22,35H,2-4,7-8,19H2,1H3,(H,29,30)/b15-12+,34-32?. The molecule has 0 aliphatic heterocycles. The topological polar surface area (TPSA) is 111 Å². The van der Waals surface area contributed by atoms with Gasteiger partial charge in [0.1, 0.15) is 11.6 Å². The molecule has 2 N–H and O–H groups in total. The third kappa shape index (κ3) is 5.55. The van der Waals surface area contributed by atoms with E-state index in [2.05, 4.69) is 10.6 Å². The van der Waals surface area contributed by atoms with E-state index in [1.165, 1.54) is 19.3 Å². The Balaban J connectivity index is 1.53. The minimum absolute atomic E-state index is 0.173. The van der Waals surface area contributed by atoms with Crippen molar-refractivity contribution in [3.63, 3.8) is 0 Å². The molecule has 2 heterocycles. The zero-order valence-corrected chi connectivity index (χ0v) is 20.7. The molecule has 37 heavy (non-hydrogen) atoms. The van der Waals surface area contributed by atoms with Crippen molar-refractivity contribution in [3.8, 4) is 5.75 Å². The average molecular weight is 499 g/mol. The van der Waals surface area contributed by atoms with Gasteiger partial charge in [-0.1, -0.05) is 49.6 Å². The van der Waals surface area contributed by atoms with Crippen LogP contribution in [-0.4, -0.2) is 38.0 Å². The van der Waals surface area contributed by atoms with Gasteiger partial charge >= 0.3 is 0 Å². The number of nitrogens with zero attached hydrogens (tertiary/aromatic N) is 5. The van der Waals surface area contributed by atoms with Crippen LogP contribution in [0.1, 0.15) is 48.9 Å². The van der Waals surface area contributed by atoms with E-state index >= 15 is 0 Å². The second-order valence-corrected chi connectivity index (χ2v) is 9.21. The number of fused-ring (bicyclic) bond motifs is 1. The first-order valence-corrected chi connectivity index (χ1v) is 12.5. The lowest BCUT2D eigenvalue weighted by Gasteiger charge is -2.23. The highest BCUT2D eigenvalue weighted by Gasteiger charge is 2.19. The van der Waals surface area contributed by atoms with Crippen LogP contribution < -0.4 is 10.1 Å². The van der Waals surface area contributed by atoms with Gasteiger partial charge in [-0.05, 0) is 53.1 Å². The third-order valence-electron chi connectivity index (χ3n) is 6.74. The van der Waals surface area contributed by atoms with Crippen LogP contribution in [0.2, 0.25) is 0 Å². The smallest absolute Gasteiger partial charge is 0.248 e. The Bertz CT molecular complexity index is 1420. The Morgan fingerprint density at radius 2 is 1.95 bits per heavy atom. The molecule has 1 aliphatic rings. The number of benzene rings is 2. The predicted molar refractivity (Wildman–Crippen MR) is 143 cm³/mol. The Hall–Kier alpha value is -4.40. The van der Waals surface area contributed by atoms with E-state index in [-0.39, 0.29) is 10.5 Å². The average Bonchev–Trinajstić information content (AvgIpc) is 3.30. The lowest BCUT2D eigenvalue weighted by molar-refractivity contribution is -0.473. The van der Waals surface area contributed by atoms with Crippen molar-refractivity contribution in [3.05, 3.63) is 82.8 Å². The monoisotopic (exact) mass is 498 g/mol. The molecule has 2 aromatic heterocycles. The summed E-state index contributed by atoms with van der Waals surface area (Å²) in [5.41, 5.74) is 3.90. The van der Waals surface area contributed by atoms with Gasteiger partial charge in [0.05, 0.1) is 30.3 Å². The quantitative estimate of drug-likeness (QED) is 0.166. The van der Waals surface area contributed by atoms with Crippen LogP contribution in [0, 0.1) is 5.21 Å². The number of ether oxygens (including phenoxy) is 1. The van der Waals surface area contributed by atoms with E-state index in [1.807, 2.05) is 59.4 Å². The molecule has 1 saturated carbocycles. The molecule has 0 amide bonds. The Morgan fingerprint density at radius 1 is 1.14 bits per heavy atom. The molecule has 0 spiro atoms. The summed E-state index contributed by atoms with van der Waals surface area (Å²) in [6.07, 6.45) is 11.7. The lowest BCUT2D eigenvalue weighted by atomic mass is 9.95. The molecular formula is C28H30N6O3. The number of nitrogens with one attached hydrogen (secondary N) is 1. The molecule has 9 heteroatoms. The van der Waals surface area contributed by atoms with Crippen LogP contribution in [0.15, 0.2) is 66.1 Å². The first-order chi connectivity index (χ1) is 18.1. The van der Waals surface area contributed by atoms with Gasteiger partial charge in [0.25, 0.3) is 0 Å². The van der Waals surface area contributed by atoms with Crippen molar-refractivity contribution in [1.29, 1.82) is 0 Å². The van der Waals surface area contributed by atoms with Gasteiger partial charge in [0.2, 0.25) is 11.0 Å². The minimum Gasteiger partial charge on any atom is -0.592 e. The highest BCUT2D eigenvalue weighted by Crippen LogP contribution is 2.30. The van der Waals surface area contributed by atoms with Crippen molar-refractivity contribution in [2.45, 2.75) is 44.7 Å². The summed E-state index contributed by atoms with van der Waals surface area (Å²) in [7, 11) is 1.66. The van der Waals surface area contributed by atoms with Crippen LogP contribution in [0.4, 0.5) is 11.5 Å². The normalized spacial score (nSPS) is 14.9. The fraction of sp³-hybridized carbons (Fsp3) is 0.286. The van der Waals surface area contributed by atoms with Gasteiger partial charge in [-0.15, -0.1) is 0 Å².